The maximum atomic E-state index is 12.9. The van der Waals surface area contributed by atoms with Crippen molar-refractivity contribution >= 4 is 28.3 Å². The summed E-state index contributed by atoms with van der Waals surface area (Å²) in [6.45, 7) is 4.92. The normalized spacial score (nSPS) is 23.3. The van der Waals surface area contributed by atoms with Crippen LogP contribution in [0.4, 0.5) is 0 Å². The average molecular weight is 396 g/mol. The molecule has 6 nitrogen and oxygen atoms in total. The molecule has 8 heteroatoms. The van der Waals surface area contributed by atoms with Gasteiger partial charge in [-0.25, -0.2) is 8.42 Å². The Hall–Kier alpha value is -0.370. The first-order chi connectivity index (χ1) is 11.5. The topological polar surface area (TPSA) is 69.7 Å². The predicted octanol–water partition coefficient (Wildman–Crippen LogP) is 1.85. The smallest absolute Gasteiger partial charge is 0.241 e. The van der Waals surface area contributed by atoms with Gasteiger partial charge in [-0.15, -0.1) is 12.4 Å². The first-order valence-corrected chi connectivity index (χ1v) is 11.0. The number of likely N-dealkylation sites (tertiary alicyclic amines) is 1. The number of nitrogens with zero attached hydrogens (tertiary/aromatic N) is 2. The molecule has 2 heterocycles. The fourth-order valence-corrected chi connectivity index (χ4v) is 5.60. The highest BCUT2D eigenvalue weighted by Gasteiger charge is 2.38. The largest absolute Gasteiger partial charge is 0.341 e. The number of amides is 1. The molecule has 25 heavy (non-hydrogen) atoms. The predicted molar refractivity (Wildman–Crippen MR) is 104 cm³/mol. The van der Waals surface area contributed by atoms with E-state index < -0.39 is 16.1 Å². The number of sulfonamides is 1. The molecule has 0 radical (unpaired) electrons. The van der Waals surface area contributed by atoms with Gasteiger partial charge in [-0.2, -0.15) is 4.31 Å². The van der Waals surface area contributed by atoms with Gasteiger partial charge in [0.1, 0.15) is 6.04 Å². The monoisotopic (exact) mass is 395 g/mol. The molecule has 0 aliphatic carbocycles. The molecule has 0 aromatic heterocycles. The minimum Gasteiger partial charge on any atom is -0.341 e. The Labute approximate surface area is 159 Å². The lowest BCUT2D eigenvalue weighted by Gasteiger charge is -2.39. The molecule has 2 aliphatic heterocycles. The summed E-state index contributed by atoms with van der Waals surface area (Å²) in [6.07, 6.45) is 6.27. The molecule has 2 saturated heterocycles. The van der Waals surface area contributed by atoms with Crippen molar-refractivity contribution in [1.82, 2.24) is 14.5 Å². The molecule has 0 spiro atoms. The van der Waals surface area contributed by atoms with Gasteiger partial charge in [-0.1, -0.05) is 13.3 Å². The van der Waals surface area contributed by atoms with E-state index in [0.29, 0.717) is 25.3 Å². The van der Waals surface area contributed by atoms with Crippen molar-refractivity contribution in [3.05, 3.63) is 0 Å². The van der Waals surface area contributed by atoms with E-state index in [1.165, 1.54) is 4.31 Å². The second-order valence-electron chi connectivity index (χ2n) is 7.10. The molecule has 0 bridgehead atoms. The Balaban J connectivity index is 0.00000312. The number of hydrogen-bond donors (Lipinski definition) is 1. The fourth-order valence-electron chi connectivity index (χ4n) is 3.86. The molecule has 0 aromatic rings. The van der Waals surface area contributed by atoms with Crippen LogP contribution in [0.2, 0.25) is 0 Å². The van der Waals surface area contributed by atoms with Crippen LogP contribution in [0.3, 0.4) is 0 Å². The van der Waals surface area contributed by atoms with Crippen molar-refractivity contribution in [3.8, 4) is 0 Å². The second kappa shape index (κ2) is 10.7. The lowest BCUT2D eigenvalue weighted by Crippen LogP contribution is -2.54. The molecule has 2 fully saturated rings. The summed E-state index contributed by atoms with van der Waals surface area (Å²) in [4.78, 5) is 14.8. The number of halogens is 1. The molecule has 2 aliphatic rings. The van der Waals surface area contributed by atoms with Crippen molar-refractivity contribution in [2.24, 2.45) is 5.92 Å². The standard InChI is InChI=1S/C17H33N3O3S.ClH/c1-3-14-24(22,23)20-11-5-4-6-16(20)17(21)19-12-8-15(9-13-19)7-10-18-2;/h15-16,18H,3-14H2,1-2H3;1H. The average Bonchev–Trinajstić information content (AvgIpc) is 2.60. The number of hydrogen-bond acceptors (Lipinski definition) is 4. The summed E-state index contributed by atoms with van der Waals surface area (Å²) in [7, 11) is -1.35. The van der Waals surface area contributed by atoms with Crippen LogP contribution in [-0.2, 0) is 14.8 Å². The highest BCUT2D eigenvalue weighted by molar-refractivity contribution is 7.89. The van der Waals surface area contributed by atoms with Gasteiger partial charge in [0.2, 0.25) is 15.9 Å². The van der Waals surface area contributed by atoms with Crippen LogP contribution in [0.1, 0.15) is 51.9 Å². The van der Waals surface area contributed by atoms with Gasteiger partial charge in [0.05, 0.1) is 5.75 Å². The minimum atomic E-state index is -3.31. The van der Waals surface area contributed by atoms with Gasteiger partial charge in [0.15, 0.2) is 0 Å². The van der Waals surface area contributed by atoms with E-state index in [1.54, 1.807) is 0 Å². The quantitative estimate of drug-likeness (QED) is 0.714. The van der Waals surface area contributed by atoms with Crippen LogP contribution in [-0.4, -0.2) is 68.6 Å². The van der Waals surface area contributed by atoms with Crippen molar-refractivity contribution in [2.45, 2.75) is 57.9 Å². The Morgan fingerprint density at radius 1 is 1.12 bits per heavy atom. The first kappa shape index (κ1) is 22.7. The molecule has 0 saturated carbocycles. The molecule has 0 aromatic carbocycles. The van der Waals surface area contributed by atoms with Crippen molar-refractivity contribution in [1.29, 1.82) is 0 Å². The van der Waals surface area contributed by atoms with Crippen LogP contribution in [0.5, 0.6) is 0 Å². The molecular formula is C17H34ClN3O3S. The van der Waals surface area contributed by atoms with E-state index in [4.69, 9.17) is 0 Å². The van der Waals surface area contributed by atoms with Crippen LogP contribution in [0.25, 0.3) is 0 Å². The molecule has 1 N–H and O–H groups in total. The van der Waals surface area contributed by atoms with Gasteiger partial charge >= 0.3 is 0 Å². The third-order valence-electron chi connectivity index (χ3n) is 5.29. The zero-order valence-electron chi connectivity index (χ0n) is 15.6. The Morgan fingerprint density at radius 2 is 1.80 bits per heavy atom. The van der Waals surface area contributed by atoms with Gasteiger partial charge in [0.25, 0.3) is 0 Å². The fraction of sp³-hybridized carbons (Fsp3) is 0.941. The number of nitrogens with one attached hydrogen (secondary N) is 1. The Morgan fingerprint density at radius 3 is 2.40 bits per heavy atom. The van der Waals surface area contributed by atoms with Crippen LogP contribution < -0.4 is 5.32 Å². The Bertz CT molecular complexity index is 507. The third-order valence-corrected chi connectivity index (χ3v) is 7.36. The van der Waals surface area contributed by atoms with Crippen LogP contribution >= 0.6 is 12.4 Å². The summed E-state index contributed by atoms with van der Waals surface area (Å²) >= 11 is 0. The van der Waals surface area contributed by atoms with E-state index in [1.807, 2.05) is 18.9 Å². The number of carbonyl (C=O) groups is 1. The van der Waals surface area contributed by atoms with Crippen molar-refractivity contribution in [2.75, 3.05) is 39.0 Å². The van der Waals surface area contributed by atoms with Gasteiger partial charge < -0.3 is 10.2 Å². The molecular weight excluding hydrogens is 362 g/mol. The number of piperidine rings is 2. The van der Waals surface area contributed by atoms with Crippen molar-refractivity contribution < 1.29 is 13.2 Å². The van der Waals surface area contributed by atoms with E-state index in [9.17, 15) is 13.2 Å². The lowest BCUT2D eigenvalue weighted by atomic mass is 9.92. The van der Waals surface area contributed by atoms with Crippen LogP contribution in [0.15, 0.2) is 0 Å². The van der Waals surface area contributed by atoms with E-state index >= 15 is 0 Å². The van der Waals surface area contributed by atoms with Gasteiger partial charge in [-0.05, 0) is 58.0 Å². The third kappa shape index (κ3) is 6.08. The summed E-state index contributed by atoms with van der Waals surface area (Å²) in [6, 6.07) is -0.468. The van der Waals surface area contributed by atoms with E-state index in [2.05, 4.69) is 5.32 Å². The maximum absolute atomic E-state index is 12.9. The first-order valence-electron chi connectivity index (χ1n) is 9.42. The molecule has 1 unspecified atom stereocenters. The SMILES string of the molecule is CCCS(=O)(=O)N1CCCCC1C(=O)N1CCC(CCNC)CC1.Cl. The summed E-state index contributed by atoms with van der Waals surface area (Å²) in [5, 5.41) is 3.18. The second-order valence-corrected chi connectivity index (χ2v) is 9.14. The van der Waals surface area contributed by atoms with Crippen molar-refractivity contribution in [3.63, 3.8) is 0 Å². The highest BCUT2D eigenvalue weighted by atomic mass is 35.5. The van der Waals surface area contributed by atoms with Gasteiger partial charge in [-0.3, -0.25) is 4.79 Å². The molecule has 2 rings (SSSR count). The summed E-state index contributed by atoms with van der Waals surface area (Å²) < 4.78 is 26.5. The lowest BCUT2D eigenvalue weighted by molar-refractivity contribution is -0.137. The highest BCUT2D eigenvalue weighted by Crippen LogP contribution is 2.26. The maximum Gasteiger partial charge on any atom is 0.241 e. The molecule has 1 amide bonds. The van der Waals surface area contributed by atoms with Gasteiger partial charge in [0, 0.05) is 19.6 Å². The number of rotatable bonds is 7. The molecule has 1 atom stereocenters. The minimum absolute atomic E-state index is 0. The zero-order valence-corrected chi connectivity index (χ0v) is 17.2. The summed E-state index contributed by atoms with van der Waals surface area (Å²) in [5.74, 6) is 0.845. The summed E-state index contributed by atoms with van der Waals surface area (Å²) in [5.41, 5.74) is 0. The molecule has 148 valence electrons. The van der Waals surface area contributed by atoms with E-state index in [0.717, 1.165) is 51.7 Å². The Kier molecular flexibility index (Phi) is 9.70. The van der Waals surface area contributed by atoms with E-state index in [-0.39, 0.29) is 24.1 Å². The number of carbonyl (C=O) groups excluding carboxylic acids is 1. The van der Waals surface area contributed by atoms with Crippen LogP contribution in [0, 0.1) is 5.92 Å². The zero-order chi connectivity index (χ0) is 17.6.